The van der Waals surface area contributed by atoms with Crippen LogP contribution in [0.2, 0.25) is 5.02 Å². The van der Waals surface area contributed by atoms with Gasteiger partial charge in [0.2, 0.25) is 15.9 Å². The minimum Gasteiger partial charge on any atom is -0.326 e. The van der Waals surface area contributed by atoms with Crippen LogP contribution in [-0.4, -0.2) is 20.9 Å². The second-order valence-corrected chi connectivity index (χ2v) is 9.88. The van der Waals surface area contributed by atoms with Gasteiger partial charge < -0.3 is 5.32 Å². The first-order chi connectivity index (χ1) is 12.4. The van der Waals surface area contributed by atoms with E-state index in [-0.39, 0.29) is 17.7 Å². The fourth-order valence-electron chi connectivity index (χ4n) is 3.12. The first-order valence-corrected chi connectivity index (χ1v) is 11.3. The summed E-state index contributed by atoms with van der Waals surface area (Å²) >= 11 is 7.06. The minimum atomic E-state index is -3.41. The first-order valence-electron chi connectivity index (χ1n) is 8.53. The Morgan fingerprint density at radius 2 is 1.81 bits per heavy atom. The Morgan fingerprint density at radius 3 is 2.42 bits per heavy atom. The molecule has 0 spiro atoms. The van der Waals surface area contributed by atoms with Crippen molar-refractivity contribution >= 4 is 44.6 Å². The van der Waals surface area contributed by atoms with Gasteiger partial charge in [0.15, 0.2) is 0 Å². The highest BCUT2D eigenvalue weighted by atomic mass is 35.5. The summed E-state index contributed by atoms with van der Waals surface area (Å²) in [7, 11) is -3.41. The highest BCUT2D eigenvalue weighted by Gasteiger charge is 2.27. The number of amides is 1. The van der Waals surface area contributed by atoms with Crippen LogP contribution in [-0.2, 0) is 14.8 Å². The molecule has 3 rings (SSSR count). The Morgan fingerprint density at radius 1 is 1.12 bits per heavy atom. The lowest BCUT2D eigenvalue weighted by Crippen LogP contribution is -2.33. The van der Waals surface area contributed by atoms with Crippen molar-refractivity contribution in [2.75, 3.05) is 11.9 Å². The summed E-state index contributed by atoms with van der Waals surface area (Å²) < 4.78 is 27.4. The van der Waals surface area contributed by atoms with Crippen LogP contribution in [0.4, 0.5) is 5.69 Å². The van der Waals surface area contributed by atoms with Crippen molar-refractivity contribution in [3.63, 3.8) is 0 Å². The average molecular weight is 413 g/mol. The number of carbonyl (C=O) groups is 1. The predicted octanol–water partition coefficient (Wildman–Crippen LogP) is 4.12. The van der Waals surface area contributed by atoms with Crippen molar-refractivity contribution in [3.05, 3.63) is 46.8 Å². The molecule has 1 aliphatic carbocycles. The van der Waals surface area contributed by atoms with Crippen LogP contribution in [0.3, 0.4) is 0 Å². The van der Waals surface area contributed by atoms with E-state index in [9.17, 15) is 13.2 Å². The van der Waals surface area contributed by atoms with Gasteiger partial charge in [-0.05, 0) is 67.3 Å². The maximum absolute atomic E-state index is 12.4. The number of rotatable bonds is 6. The molecular formula is C18H21ClN2O3S2. The molecule has 0 bridgehead atoms. The van der Waals surface area contributed by atoms with E-state index in [2.05, 4.69) is 10.0 Å². The Labute approximate surface area is 162 Å². The van der Waals surface area contributed by atoms with Crippen molar-refractivity contribution in [3.8, 4) is 0 Å². The predicted molar refractivity (Wildman–Crippen MR) is 105 cm³/mol. The lowest BCUT2D eigenvalue weighted by molar-refractivity contribution is -0.121. The van der Waals surface area contributed by atoms with Crippen molar-refractivity contribution in [2.45, 2.75) is 29.9 Å². The van der Waals surface area contributed by atoms with E-state index >= 15 is 0 Å². The van der Waals surface area contributed by atoms with Crippen molar-refractivity contribution in [1.82, 2.24) is 4.72 Å². The van der Waals surface area contributed by atoms with Gasteiger partial charge in [0.25, 0.3) is 0 Å². The zero-order valence-corrected chi connectivity index (χ0v) is 16.5. The summed E-state index contributed by atoms with van der Waals surface area (Å²) in [5.74, 6) is 0.255. The molecule has 1 aromatic carbocycles. The minimum absolute atomic E-state index is 0.0185. The second kappa shape index (κ2) is 8.52. The first kappa shape index (κ1) is 19.4. The molecule has 2 aromatic rings. The van der Waals surface area contributed by atoms with Crippen LogP contribution in [0, 0.1) is 11.8 Å². The fourth-order valence-corrected chi connectivity index (χ4v) is 5.40. The molecule has 1 fully saturated rings. The fraction of sp³-hybridized carbons (Fsp3) is 0.389. The lowest BCUT2D eigenvalue weighted by Gasteiger charge is -2.27. The zero-order valence-electron chi connectivity index (χ0n) is 14.2. The van der Waals surface area contributed by atoms with Crippen molar-refractivity contribution < 1.29 is 13.2 Å². The molecule has 1 aliphatic rings. The Balaban J connectivity index is 1.45. The van der Waals surface area contributed by atoms with Gasteiger partial charge in [0.05, 0.1) is 0 Å². The number of benzene rings is 1. The highest BCUT2D eigenvalue weighted by Crippen LogP contribution is 2.30. The van der Waals surface area contributed by atoms with Gasteiger partial charge in [-0.25, -0.2) is 13.1 Å². The van der Waals surface area contributed by atoms with E-state index in [0.29, 0.717) is 15.8 Å². The molecule has 1 amide bonds. The maximum Gasteiger partial charge on any atom is 0.250 e. The molecular weight excluding hydrogens is 392 g/mol. The van der Waals surface area contributed by atoms with Gasteiger partial charge >= 0.3 is 0 Å². The van der Waals surface area contributed by atoms with Crippen LogP contribution >= 0.6 is 22.9 Å². The summed E-state index contributed by atoms with van der Waals surface area (Å²) in [6.45, 7) is 0.422. The van der Waals surface area contributed by atoms with E-state index in [1.54, 1.807) is 41.8 Å². The molecule has 2 N–H and O–H groups in total. The Hall–Kier alpha value is -1.41. The number of carbonyl (C=O) groups excluding carboxylic acids is 1. The largest absolute Gasteiger partial charge is 0.326 e. The zero-order chi connectivity index (χ0) is 18.6. The number of nitrogens with one attached hydrogen (secondary N) is 2. The molecule has 1 saturated carbocycles. The molecule has 0 aliphatic heterocycles. The smallest absolute Gasteiger partial charge is 0.250 e. The summed E-state index contributed by atoms with van der Waals surface area (Å²) in [6.07, 6.45) is 3.22. The molecule has 0 saturated heterocycles. The highest BCUT2D eigenvalue weighted by molar-refractivity contribution is 7.91. The number of halogens is 1. The van der Waals surface area contributed by atoms with E-state index < -0.39 is 10.0 Å². The van der Waals surface area contributed by atoms with Gasteiger partial charge in [-0.2, -0.15) is 0 Å². The molecule has 0 unspecified atom stereocenters. The third-order valence-electron chi connectivity index (χ3n) is 4.65. The summed E-state index contributed by atoms with van der Waals surface area (Å²) in [5, 5.41) is 5.30. The third kappa shape index (κ3) is 5.07. The van der Waals surface area contributed by atoms with Crippen LogP contribution in [0.25, 0.3) is 0 Å². The third-order valence-corrected chi connectivity index (χ3v) is 7.72. The number of hydrogen-bond donors (Lipinski definition) is 2. The van der Waals surface area contributed by atoms with Gasteiger partial charge in [-0.15, -0.1) is 11.3 Å². The standard InChI is InChI=1S/C18H21ClN2O3S2/c19-15-7-9-16(10-8-15)21-18(22)14-5-3-13(4-6-14)12-20-26(23,24)17-2-1-11-25-17/h1-2,7-11,13-14,20H,3-6,12H2,(H,21,22). The topological polar surface area (TPSA) is 75.3 Å². The quantitative estimate of drug-likeness (QED) is 0.749. The Bertz CT molecular complexity index is 828. The monoisotopic (exact) mass is 412 g/mol. The van der Waals surface area contributed by atoms with E-state index in [0.717, 1.165) is 31.4 Å². The van der Waals surface area contributed by atoms with Crippen LogP contribution in [0.1, 0.15) is 25.7 Å². The number of anilines is 1. The van der Waals surface area contributed by atoms with Gasteiger partial charge in [0, 0.05) is 23.2 Å². The van der Waals surface area contributed by atoms with Crippen molar-refractivity contribution in [1.29, 1.82) is 0 Å². The van der Waals surface area contributed by atoms with Crippen LogP contribution < -0.4 is 10.0 Å². The molecule has 1 aromatic heterocycles. The van der Waals surface area contributed by atoms with Crippen molar-refractivity contribution in [2.24, 2.45) is 11.8 Å². The second-order valence-electron chi connectivity index (χ2n) is 6.50. The molecule has 5 nitrogen and oxygen atoms in total. The number of sulfonamides is 1. The molecule has 1 heterocycles. The summed E-state index contributed by atoms with van der Waals surface area (Å²) in [5.41, 5.74) is 0.741. The van der Waals surface area contributed by atoms with Crippen LogP contribution in [0.15, 0.2) is 46.0 Å². The van der Waals surface area contributed by atoms with Gasteiger partial charge in [0.1, 0.15) is 4.21 Å². The molecule has 0 atom stereocenters. The number of thiophene rings is 1. The van der Waals surface area contributed by atoms with E-state index in [4.69, 9.17) is 11.6 Å². The molecule has 26 heavy (non-hydrogen) atoms. The average Bonchev–Trinajstić information content (AvgIpc) is 3.18. The SMILES string of the molecule is O=C(Nc1ccc(Cl)cc1)C1CCC(CNS(=O)(=O)c2cccs2)CC1. The van der Waals surface area contributed by atoms with E-state index in [1.807, 2.05) is 0 Å². The normalized spacial score (nSPS) is 20.7. The Kier molecular flexibility index (Phi) is 6.34. The lowest BCUT2D eigenvalue weighted by atomic mass is 9.81. The molecule has 0 radical (unpaired) electrons. The maximum atomic E-state index is 12.4. The van der Waals surface area contributed by atoms with Gasteiger partial charge in [-0.3, -0.25) is 4.79 Å². The summed E-state index contributed by atoms with van der Waals surface area (Å²) in [6, 6.07) is 10.4. The number of hydrogen-bond acceptors (Lipinski definition) is 4. The molecule has 8 heteroatoms. The van der Waals surface area contributed by atoms with E-state index in [1.165, 1.54) is 11.3 Å². The summed E-state index contributed by atoms with van der Waals surface area (Å²) in [4.78, 5) is 12.4. The molecule has 140 valence electrons. The van der Waals surface area contributed by atoms with Crippen LogP contribution in [0.5, 0.6) is 0 Å². The van der Waals surface area contributed by atoms with Gasteiger partial charge in [-0.1, -0.05) is 17.7 Å².